The second-order valence-electron chi connectivity index (χ2n) is 4.34. The predicted octanol–water partition coefficient (Wildman–Crippen LogP) is 0.957. The number of H-pyrrole nitrogens is 1. The first kappa shape index (κ1) is 12.4. The molecule has 1 rings (SSSR count). The molecular weight excluding hydrogens is 210 g/mol. The Bertz CT molecular complexity index is 330. The van der Waals surface area contributed by atoms with Crippen molar-refractivity contribution in [2.75, 3.05) is 6.54 Å². The van der Waals surface area contributed by atoms with E-state index in [1.54, 1.807) is 0 Å². The predicted molar refractivity (Wildman–Crippen MR) is 56.5 cm³/mol. The maximum atomic E-state index is 11.7. The molecule has 0 aromatic carbocycles. The number of tetrazole rings is 1. The number of hydrogen-bond donors (Lipinski definition) is 1. The fourth-order valence-electron chi connectivity index (χ4n) is 1.06. The number of carbonyl (C=O) groups is 1. The lowest BCUT2D eigenvalue weighted by molar-refractivity contribution is 0.0240. The fourth-order valence-corrected chi connectivity index (χ4v) is 1.06. The lowest BCUT2D eigenvalue weighted by Gasteiger charge is -2.25. The number of ether oxygens (including phenoxy) is 1. The van der Waals surface area contributed by atoms with E-state index in [4.69, 9.17) is 4.74 Å². The second-order valence-corrected chi connectivity index (χ2v) is 4.34. The Morgan fingerprint density at radius 2 is 2.19 bits per heavy atom. The Morgan fingerprint density at radius 3 is 2.62 bits per heavy atom. The van der Waals surface area contributed by atoms with Gasteiger partial charge in [0.2, 0.25) is 0 Å². The Hall–Kier alpha value is -1.66. The highest BCUT2D eigenvalue weighted by Crippen LogP contribution is 2.10. The number of carbonyl (C=O) groups excluding carboxylic acids is 1. The van der Waals surface area contributed by atoms with Gasteiger partial charge < -0.3 is 9.64 Å². The molecule has 1 aromatic heterocycles. The third-order valence-corrected chi connectivity index (χ3v) is 1.76. The molecule has 90 valence electrons. The van der Waals surface area contributed by atoms with Crippen molar-refractivity contribution in [2.45, 2.75) is 39.8 Å². The Balaban J connectivity index is 2.57. The largest absolute Gasteiger partial charge is 0.444 e. The summed E-state index contributed by atoms with van der Waals surface area (Å²) in [7, 11) is 0. The van der Waals surface area contributed by atoms with E-state index in [0.29, 0.717) is 18.9 Å². The lowest BCUT2D eigenvalue weighted by atomic mass is 10.2. The Kier molecular flexibility index (Phi) is 3.81. The molecule has 1 amide bonds. The number of hydrogen-bond acceptors (Lipinski definition) is 5. The molecule has 1 heterocycles. The minimum Gasteiger partial charge on any atom is -0.444 e. The minimum absolute atomic E-state index is 0.318. The summed E-state index contributed by atoms with van der Waals surface area (Å²) < 4.78 is 5.24. The maximum Gasteiger partial charge on any atom is 0.410 e. The summed E-state index contributed by atoms with van der Waals surface area (Å²) in [5.41, 5.74) is -0.496. The highest BCUT2D eigenvalue weighted by molar-refractivity contribution is 5.67. The fraction of sp³-hybridized carbons (Fsp3) is 0.778. The smallest absolute Gasteiger partial charge is 0.410 e. The van der Waals surface area contributed by atoms with E-state index < -0.39 is 5.60 Å². The molecule has 0 aliphatic carbocycles. The van der Waals surface area contributed by atoms with E-state index in [9.17, 15) is 4.79 Å². The summed E-state index contributed by atoms with van der Waals surface area (Å²) in [6.45, 7) is 8.21. The number of aromatic amines is 1. The van der Waals surface area contributed by atoms with Crippen LogP contribution in [0.4, 0.5) is 4.79 Å². The van der Waals surface area contributed by atoms with Gasteiger partial charge in [-0.3, -0.25) is 0 Å². The molecule has 16 heavy (non-hydrogen) atoms. The average molecular weight is 227 g/mol. The molecule has 0 saturated carbocycles. The number of aromatic nitrogens is 4. The third kappa shape index (κ3) is 3.84. The van der Waals surface area contributed by atoms with Crippen molar-refractivity contribution in [1.82, 2.24) is 25.5 Å². The van der Waals surface area contributed by atoms with E-state index in [1.165, 1.54) is 4.90 Å². The highest BCUT2D eigenvalue weighted by atomic mass is 16.6. The van der Waals surface area contributed by atoms with Gasteiger partial charge in [-0.1, -0.05) is 0 Å². The van der Waals surface area contributed by atoms with E-state index in [0.717, 1.165) is 0 Å². The van der Waals surface area contributed by atoms with Gasteiger partial charge in [0.05, 0.1) is 6.54 Å². The molecule has 0 atom stereocenters. The summed E-state index contributed by atoms with van der Waals surface area (Å²) in [5, 5.41) is 13.2. The van der Waals surface area contributed by atoms with Crippen LogP contribution in [0.25, 0.3) is 0 Å². The molecule has 0 radical (unpaired) electrons. The zero-order chi connectivity index (χ0) is 12.2. The Morgan fingerprint density at radius 1 is 1.50 bits per heavy atom. The quantitative estimate of drug-likeness (QED) is 0.831. The van der Waals surface area contributed by atoms with Gasteiger partial charge in [0, 0.05) is 6.54 Å². The van der Waals surface area contributed by atoms with Crippen LogP contribution in [0.5, 0.6) is 0 Å². The van der Waals surface area contributed by atoms with Gasteiger partial charge in [-0.05, 0) is 38.1 Å². The molecule has 7 heteroatoms. The maximum absolute atomic E-state index is 11.7. The first-order valence-electron chi connectivity index (χ1n) is 5.13. The zero-order valence-electron chi connectivity index (χ0n) is 10.0. The van der Waals surface area contributed by atoms with Gasteiger partial charge in [0.15, 0.2) is 5.82 Å². The van der Waals surface area contributed by atoms with E-state index >= 15 is 0 Å². The minimum atomic E-state index is -0.496. The van der Waals surface area contributed by atoms with Gasteiger partial charge >= 0.3 is 6.09 Å². The summed E-state index contributed by atoms with van der Waals surface area (Å²) >= 11 is 0. The number of nitrogens with zero attached hydrogens (tertiary/aromatic N) is 4. The van der Waals surface area contributed by atoms with Crippen LogP contribution in [-0.2, 0) is 11.3 Å². The van der Waals surface area contributed by atoms with Crippen molar-refractivity contribution in [3.8, 4) is 0 Å². The van der Waals surface area contributed by atoms with Crippen LogP contribution in [0.3, 0.4) is 0 Å². The lowest BCUT2D eigenvalue weighted by Crippen LogP contribution is -2.36. The van der Waals surface area contributed by atoms with E-state index in [1.807, 2.05) is 27.7 Å². The van der Waals surface area contributed by atoms with Crippen LogP contribution < -0.4 is 0 Å². The highest BCUT2D eigenvalue weighted by Gasteiger charge is 2.21. The molecule has 0 bridgehead atoms. The number of rotatable bonds is 3. The van der Waals surface area contributed by atoms with Crippen molar-refractivity contribution in [1.29, 1.82) is 0 Å². The van der Waals surface area contributed by atoms with Crippen LogP contribution in [-0.4, -0.2) is 43.8 Å². The third-order valence-electron chi connectivity index (χ3n) is 1.76. The molecule has 0 aliphatic heterocycles. The summed E-state index contributed by atoms with van der Waals surface area (Å²) in [5.74, 6) is 0.535. The normalized spacial score (nSPS) is 11.2. The second kappa shape index (κ2) is 4.91. The van der Waals surface area contributed by atoms with Crippen molar-refractivity contribution in [2.24, 2.45) is 0 Å². The van der Waals surface area contributed by atoms with Crippen molar-refractivity contribution >= 4 is 6.09 Å². The van der Waals surface area contributed by atoms with Gasteiger partial charge in [-0.2, -0.15) is 0 Å². The van der Waals surface area contributed by atoms with Crippen LogP contribution in [0.2, 0.25) is 0 Å². The molecule has 0 fully saturated rings. The summed E-state index contributed by atoms with van der Waals surface area (Å²) in [6.07, 6.45) is -0.369. The summed E-state index contributed by atoms with van der Waals surface area (Å²) in [6, 6.07) is 0. The zero-order valence-corrected chi connectivity index (χ0v) is 10.0. The van der Waals surface area contributed by atoms with Crippen molar-refractivity contribution in [3.63, 3.8) is 0 Å². The van der Waals surface area contributed by atoms with E-state index in [2.05, 4.69) is 20.6 Å². The van der Waals surface area contributed by atoms with E-state index in [-0.39, 0.29) is 6.09 Å². The standard InChI is InChI=1S/C9H17N5O2/c1-5-14(6-7-10-12-13-11-7)8(15)16-9(2,3)4/h5-6H2,1-4H3,(H,10,11,12,13). The molecule has 1 N–H and O–H groups in total. The van der Waals surface area contributed by atoms with Crippen LogP contribution in [0, 0.1) is 0 Å². The molecule has 0 unspecified atom stereocenters. The SMILES string of the molecule is CCN(Cc1nnn[nH]1)C(=O)OC(C)(C)C. The number of amides is 1. The first-order chi connectivity index (χ1) is 7.42. The van der Waals surface area contributed by atoms with Crippen LogP contribution in [0.1, 0.15) is 33.5 Å². The molecule has 0 saturated heterocycles. The van der Waals surface area contributed by atoms with Gasteiger partial charge in [0.1, 0.15) is 5.60 Å². The monoisotopic (exact) mass is 227 g/mol. The Labute approximate surface area is 94.2 Å². The molecular formula is C9H17N5O2. The van der Waals surface area contributed by atoms with Gasteiger partial charge in [-0.25, -0.2) is 9.89 Å². The van der Waals surface area contributed by atoms with Gasteiger partial charge in [-0.15, -0.1) is 5.10 Å². The average Bonchev–Trinajstić information content (AvgIpc) is 2.63. The van der Waals surface area contributed by atoms with Crippen LogP contribution in [0.15, 0.2) is 0 Å². The molecule has 7 nitrogen and oxygen atoms in total. The molecule has 0 aliphatic rings. The molecule has 0 spiro atoms. The molecule has 1 aromatic rings. The topological polar surface area (TPSA) is 84.0 Å². The van der Waals surface area contributed by atoms with Gasteiger partial charge in [0.25, 0.3) is 0 Å². The summed E-state index contributed by atoms with van der Waals surface area (Å²) in [4.78, 5) is 13.3. The van der Waals surface area contributed by atoms with Crippen LogP contribution >= 0.6 is 0 Å². The number of nitrogens with one attached hydrogen (secondary N) is 1. The van der Waals surface area contributed by atoms with Crippen molar-refractivity contribution in [3.05, 3.63) is 5.82 Å². The van der Waals surface area contributed by atoms with Crippen molar-refractivity contribution < 1.29 is 9.53 Å². The first-order valence-corrected chi connectivity index (χ1v) is 5.13.